The van der Waals surface area contributed by atoms with Crippen LogP contribution in [-0.4, -0.2) is 50.3 Å². The largest absolute Gasteiger partial charge is 0.300 e. The van der Waals surface area contributed by atoms with Gasteiger partial charge in [-0.2, -0.15) is 4.31 Å². The van der Waals surface area contributed by atoms with Gasteiger partial charge in [0.25, 0.3) is 0 Å². The Bertz CT molecular complexity index is 832. The number of piperazine rings is 1. The van der Waals surface area contributed by atoms with Crippen LogP contribution in [-0.2, 0) is 21.9 Å². The Morgan fingerprint density at radius 1 is 0.852 bits per heavy atom. The second-order valence-corrected chi connectivity index (χ2v) is 10.2. The minimum absolute atomic E-state index is 0.0205. The Morgan fingerprint density at radius 3 is 2.00 bits per heavy atom. The minimum atomic E-state index is -3.41. The van der Waals surface area contributed by atoms with E-state index < -0.39 is 10.0 Å². The van der Waals surface area contributed by atoms with Crippen LogP contribution in [0.5, 0.6) is 0 Å². The maximum atomic E-state index is 12.9. The fourth-order valence-corrected chi connectivity index (χ4v) is 4.82. The van der Waals surface area contributed by atoms with Gasteiger partial charge in [-0.05, 0) is 35.1 Å². The molecule has 0 spiro atoms. The lowest BCUT2D eigenvalue weighted by Gasteiger charge is -2.34. The van der Waals surface area contributed by atoms with Crippen molar-refractivity contribution in [2.45, 2.75) is 37.5 Å². The Morgan fingerprint density at radius 2 is 1.44 bits per heavy atom. The van der Waals surface area contributed by atoms with Crippen LogP contribution in [0.1, 0.15) is 31.9 Å². The molecule has 0 amide bonds. The molecule has 0 bridgehead atoms. The van der Waals surface area contributed by atoms with Crippen molar-refractivity contribution in [2.24, 2.45) is 0 Å². The van der Waals surface area contributed by atoms with Gasteiger partial charge in [0.2, 0.25) is 10.0 Å². The molecule has 0 radical (unpaired) electrons. The molecule has 2 aromatic carbocycles. The topological polar surface area (TPSA) is 40.6 Å². The lowest BCUT2D eigenvalue weighted by atomic mass is 9.87. The standard InChI is InChI=1S/C22H30N2O2S/c1-22(2,3)20-9-11-21(12-10-20)27(25,26)24-17-15-23(16-18-24)14-13-19-7-5-4-6-8-19/h4-12H,13-18H2,1-3H3. The molecule has 0 aromatic heterocycles. The van der Waals surface area contributed by atoms with E-state index in [-0.39, 0.29) is 5.41 Å². The number of benzene rings is 2. The zero-order chi connectivity index (χ0) is 19.5. The molecule has 1 aliphatic heterocycles. The molecule has 27 heavy (non-hydrogen) atoms. The van der Waals surface area contributed by atoms with Gasteiger partial charge in [-0.25, -0.2) is 8.42 Å². The first-order valence-electron chi connectivity index (χ1n) is 9.64. The van der Waals surface area contributed by atoms with Gasteiger partial charge in [0.1, 0.15) is 0 Å². The molecule has 4 nitrogen and oxygen atoms in total. The van der Waals surface area contributed by atoms with Crippen LogP contribution < -0.4 is 0 Å². The van der Waals surface area contributed by atoms with Crippen molar-refractivity contribution in [2.75, 3.05) is 32.7 Å². The lowest BCUT2D eigenvalue weighted by Crippen LogP contribution is -2.49. The molecule has 0 unspecified atom stereocenters. The number of hydrogen-bond donors (Lipinski definition) is 0. The highest BCUT2D eigenvalue weighted by Gasteiger charge is 2.28. The van der Waals surface area contributed by atoms with Gasteiger partial charge >= 0.3 is 0 Å². The molecule has 1 heterocycles. The molecular weight excluding hydrogens is 356 g/mol. The van der Waals surface area contributed by atoms with Crippen LogP contribution in [0.15, 0.2) is 59.5 Å². The second-order valence-electron chi connectivity index (χ2n) is 8.26. The third-order valence-corrected chi connectivity index (χ3v) is 7.16. The predicted octanol–water partition coefficient (Wildman–Crippen LogP) is 3.53. The third kappa shape index (κ3) is 4.98. The van der Waals surface area contributed by atoms with Crippen LogP contribution >= 0.6 is 0 Å². The predicted molar refractivity (Wildman–Crippen MR) is 110 cm³/mol. The fraction of sp³-hybridized carbons (Fsp3) is 0.455. The highest BCUT2D eigenvalue weighted by molar-refractivity contribution is 7.89. The summed E-state index contributed by atoms with van der Waals surface area (Å²) in [6, 6.07) is 17.8. The zero-order valence-corrected chi connectivity index (χ0v) is 17.4. The quantitative estimate of drug-likeness (QED) is 0.789. The van der Waals surface area contributed by atoms with Gasteiger partial charge in [-0.3, -0.25) is 0 Å². The van der Waals surface area contributed by atoms with E-state index in [4.69, 9.17) is 0 Å². The highest BCUT2D eigenvalue weighted by Crippen LogP contribution is 2.25. The lowest BCUT2D eigenvalue weighted by molar-refractivity contribution is 0.190. The maximum Gasteiger partial charge on any atom is 0.243 e. The van der Waals surface area contributed by atoms with Crippen molar-refractivity contribution in [1.82, 2.24) is 9.21 Å². The third-order valence-electron chi connectivity index (χ3n) is 5.25. The molecule has 0 aliphatic carbocycles. The number of sulfonamides is 1. The Kier molecular flexibility index (Phi) is 6.04. The highest BCUT2D eigenvalue weighted by atomic mass is 32.2. The van der Waals surface area contributed by atoms with Crippen molar-refractivity contribution in [1.29, 1.82) is 0 Å². The molecule has 1 saturated heterocycles. The smallest absolute Gasteiger partial charge is 0.243 e. The molecule has 3 rings (SSSR count). The van der Waals surface area contributed by atoms with Crippen molar-refractivity contribution in [3.8, 4) is 0 Å². The van der Waals surface area contributed by atoms with Gasteiger partial charge in [0.15, 0.2) is 0 Å². The summed E-state index contributed by atoms with van der Waals surface area (Å²) >= 11 is 0. The first-order chi connectivity index (χ1) is 12.8. The van der Waals surface area contributed by atoms with Crippen LogP contribution in [0.3, 0.4) is 0 Å². The normalized spacial score (nSPS) is 17.1. The molecule has 2 aromatic rings. The number of nitrogens with zero attached hydrogens (tertiary/aromatic N) is 2. The first kappa shape index (κ1) is 20.1. The average Bonchev–Trinajstić information content (AvgIpc) is 2.67. The summed E-state index contributed by atoms with van der Waals surface area (Å²) in [7, 11) is -3.41. The van der Waals surface area contributed by atoms with Crippen LogP contribution in [0, 0.1) is 0 Å². The zero-order valence-electron chi connectivity index (χ0n) is 16.6. The first-order valence-corrected chi connectivity index (χ1v) is 11.1. The van der Waals surface area contributed by atoms with Crippen molar-refractivity contribution < 1.29 is 8.42 Å². The summed E-state index contributed by atoms with van der Waals surface area (Å²) in [5, 5.41) is 0. The van der Waals surface area contributed by atoms with E-state index in [1.165, 1.54) is 5.56 Å². The minimum Gasteiger partial charge on any atom is -0.300 e. The number of rotatable bonds is 5. The molecule has 0 atom stereocenters. The molecule has 1 aliphatic rings. The summed E-state index contributed by atoms with van der Waals surface area (Å²) in [6.07, 6.45) is 1.00. The van der Waals surface area contributed by atoms with Gasteiger partial charge in [-0.15, -0.1) is 0 Å². The van der Waals surface area contributed by atoms with Crippen LogP contribution in [0.25, 0.3) is 0 Å². The monoisotopic (exact) mass is 386 g/mol. The summed E-state index contributed by atoms with van der Waals surface area (Å²) < 4.78 is 27.5. The van der Waals surface area contributed by atoms with E-state index in [0.29, 0.717) is 18.0 Å². The fourth-order valence-electron chi connectivity index (χ4n) is 3.40. The van der Waals surface area contributed by atoms with Crippen molar-refractivity contribution >= 4 is 10.0 Å². The second kappa shape index (κ2) is 8.13. The molecule has 0 N–H and O–H groups in total. The Balaban J connectivity index is 1.58. The number of hydrogen-bond acceptors (Lipinski definition) is 3. The SMILES string of the molecule is CC(C)(C)c1ccc(S(=O)(=O)N2CCN(CCc3ccccc3)CC2)cc1. The van der Waals surface area contributed by atoms with E-state index in [2.05, 4.69) is 49.9 Å². The summed E-state index contributed by atoms with van der Waals surface area (Å²) in [6.45, 7) is 10.0. The Labute approximate surface area is 163 Å². The van der Waals surface area contributed by atoms with Gasteiger partial charge in [-0.1, -0.05) is 63.2 Å². The molecule has 146 valence electrons. The van der Waals surface area contributed by atoms with Crippen LogP contribution in [0.2, 0.25) is 0 Å². The van der Waals surface area contributed by atoms with E-state index in [9.17, 15) is 8.42 Å². The molecule has 1 fully saturated rings. The molecule has 5 heteroatoms. The summed E-state index contributed by atoms with van der Waals surface area (Å²) in [5.74, 6) is 0. The molecular formula is C22H30N2O2S. The van der Waals surface area contributed by atoms with E-state index in [1.54, 1.807) is 16.4 Å². The van der Waals surface area contributed by atoms with Crippen molar-refractivity contribution in [3.05, 3.63) is 65.7 Å². The van der Waals surface area contributed by atoms with E-state index in [1.807, 2.05) is 18.2 Å². The van der Waals surface area contributed by atoms with Gasteiger partial charge in [0, 0.05) is 32.7 Å². The van der Waals surface area contributed by atoms with E-state index in [0.717, 1.165) is 31.6 Å². The average molecular weight is 387 g/mol. The van der Waals surface area contributed by atoms with Crippen LogP contribution in [0.4, 0.5) is 0 Å². The van der Waals surface area contributed by atoms with Gasteiger partial charge < -0.3 is 4.90 Å². The molecule has 0 saturated carbocycles. The summed E-state index contributed by atoms with van der Waals surface area (Å²) in [4.78, 5) is 2.75. The van der Waals surface area contributed by atoms with E-state index >= 15 is 0 Å². The maximum absolute atomic E-state index is 12.9. The van der Waals surface area contributed by atoms with Gasteiger partial charge in [0.05, 0.1) is 4.90 Å². The Hall–Kier alpha value is -1.69. The summed E-state index contributed by atoms with van der Waals surface area (Å²) in [5.41, 5.74) is 2.49. The van der Waals surface area contributed by atoms with Crippen molar-refractivity contribution in [3.63, 3.8) is 0 Å².